The summed E-state index contributed by atoms with van der Waals surface area (Å²) in [4.78, 5) is 26.7. The first-order valence-corrected chi connectivity index (χ1v) is 9.15. The van der Waals surface area contributed by atoms with E-state index in [4.69, 9.17) is 4.42 Å². The predicted molar refractivity (Wildman–Crippen MR) is 103 cm³/mol. The molecule has 6 heteroatoms. The van der Waals surface area contributed by atoms with E-state index in [9.17, 15) is 9.59 Å². The number of hydrogen-bond donors (Lipinski definition) is 0. The molecule has 3 heterocycles. The lowest BCUT2D eigenvalue weighted by molar-refractivity contribution is -0.119. The number of anilines is 1. The van der Waals surface area contributed by atoms with Crippen LogP contribution in [-0.2, 0) is 17.8 Å². The summed E-state index contributed by atoms with van der Waals surface area (Å²) < 4.78 is 6.73. The smallest absolute Gasteiger partial charge is 0.266 e. The van der Waals surface area contributed by atoms with Gasteiger partial charge in [0.1, 0.15) is 5.69 Å². The van der Waals surface area contributed by atoms with E-state index in [-0.39, 0.29) is 17.5 Å². The van der Waals surface area contributed by atoms with Crippen molar-refractivity contribution in [1.29, 1.82) is 0 Å². The Morgan fingerprint density at radius 2 is 2.04 bits per heavy atom. The van der Waals surface area contributed by atoms with Crippen molar-refractivity contribution in [2.75, 3.05) is 4.90 Å². The minimum atomic E-state index is -0.183. The molecule has 0 N–H and O–H groups in total. The lowest BCUT2D eigenvalue weighted by Crippen LogP contribution is -2.35. The molecule has 0 radical (unpaired) electrons. The SMILES string of the molecule is C[C@H]1Cc2ccccc2N1C(=O)CCCn1nc(-c2ccco2)ccc1=O. The van der Waals surface area contributed by atoms with Crippen LogP contribution in [0.25, 0.3) is 11.5 Å². The van der Waals surface area contributed by atoms with Gasteiger partial charge < -0.3 is 9.32 Å². The van der Waals surface area contributed by atoms with Gasteiger partial charge in [-0.3, -0.25) is 9.59 Å². The molecular formula is C21H21N3O3. The van der Waals surface area contributed by atoms with Gasteiger partial charge in [0.05, 0.1) is 6.26 Å². The molecule has 0 saturated carbocycles. The number of fused-ring (bicyclic) bond motifs is 1. The van der Waals surface area contributed by atoms with Crippen molar-refractivity contribution in [1.82, 2.24) is 9.78 Å². The maximum atomic E-state index is 12.8. The summed E-state index contributed by atoms with van der Waals surface area (Å²) in [6, 6.07) is 14.9. The predicted octanol–water partition coefficient (Wildman–Crippen LogP) is 3.26. The number of aryl methyl sites for hydroxylation is 1. The highest BCUT2D eigenvalue weighted by molar-refractivity contribution is 5.96. The normalized spacial score (nSPS) is 15.7. The van der Waals surface area contributed by atoms with E-state index in [2.05, 4.69) is 18.1 Å². The van der Waals surface area contributed by atoms with E-state index in [0.29, 0.717) is 30.8 Å². The fourth-order valence-corrected chi connectivity index (χ4v) is 3.61. The van der Waals surface area contributed by atoms with Crippen LogP contribution < -0.4 is 10.5 Å². The van der Waals surface area contributed by atoms with Crippen LogP contribution in [0.15, 0.2) is 64.0 Å². The number of carbonyl (C=O) groups is 1. The number of nitrogens with zero attached hydrogens (tertiary/aromatic N) is 3. The zero-order valence-electron chi connectivity index (χ0n) is 15.2. The number of amides is 1. The topological polar surface area (TPSA) is 68.3 Å². The van der Waals surface area contributed by atoms with Crippen LogP contribution in [0.3, 0.4) is 0 Å². The molecule has 4 rings (SSSR count). The first-order valence-electron chi connectivity index (χ1n) is 9.15. The lowest BCUT2D eigenvalue weighted by atomic mass is 10.1. The van der Waals surface area contributed by atoms with Crippen molar-refractivity contribution in [2.24, 2.45) is 0 Å². The van der Waals surface area contributed by atoms with Crippen LogP contribution in [-0.4, -0.2) is 21.7 Å². The molecule has 138 valence electrons. The van der Waals surface area contributed by atoms with Crippen molar-refractivity contribution < 1.29 is 9.21 Å². The Balaban J connectivity index is 1.42. The first-order chi connectivity index (χ1) is 13.1. The third-order valence-electron chi connectivity index (χ3n) is 4.88. The number of hydrogen-bond acceptors (Lipinski definition) is 4. The summed E-state index contributed by atoms with van der Waals surface area (Å²) in [6.45, 7) is 2.46. The van der Waals surface area contributed by atoms with E-state index < -0.39 is 0 Å². The first kappa shape index (κ1) is 17.3. The van der Waals surface area contributed by atoms with Crippen molar-refractivity contribution in [2.45, 2.75) is 38.8 Å². The van der Waals surface area contributed by atoms with Crippen LogP contribution in [0.1, 0.15) is 25.3 Å². The molecule has 2 aromatic heterocycles. The van der Waals surface area contributed by atoms with Gasteiger partial charge in [-0.15, -0.1) is 0 Å². The van der Waals surface area contributed by atoms with Gasteiger partial charge in [-0.2, -0.15) is 5.10 Å². The summed E-state index contributed by atoms with van der Waals surface area (Å²) in [5, 5.41) is 4.35. The molecule has 6 nitrogen and oxygen atoms in total. The third-order valence-corrected chi connectivity index (χ3v) is 4.88. The fraction of sp³-hybridized carbons (Fsp3) is 0.286. The Bertz CT molecular complexity index is 1010. The molecule has 1 aliphatic heterocycles. The van der Waals surface area contributed by atoms with Gasteiger partial charge in [-0.25, -0.2) is 4.68 Å². The molecule has 0 aliphatic carbocycles. The van der Waals surface area contributed by atoms with Crippen LogP contribution in [0.5, 0.6) is 0 Å². The van der Waals surface area contributed by atoms with Gasteiger partial charge >= 0.3 is 0 Å². The van der Waals surface area contributed by atoms with Gasteiger partial charge in [-0.1, -0.05) is 18.2 Å². The average Bonchev–Trinajstić information content (AvgIpc) is 3.30. The van der Waals surface area contributed by atoms with Gasteiger partial charge in [-0.05, 0) is 49.6 Å². The molecule has 0 unspecified atom stereocenters. The zero-order valence-corrected chi connectivity index (χ0v) is 15.2. The molecule has 0 bridgehead atoms. The molecule has 1 amide bonds. The third kappa shape index (κ3) is 3.43. The van der Waals surface area contributed by atoms with E-state index in [0.717, 1.165) is 12.1 Å². The Kier molecular flexibility index (Phi) is 4.62. The average molecular weight is 363 g/mol. The number of aromatic nitrogens is 2. The second-order valence-electron chi connectivity index (χ2n) is 6.81. The Morgan fingerprint density at radius 3 is 2.85 bits per heavy atom. The van der Waals surface area contributed by atoms with Crippen LogP contribution in [0.4, 0.5) is 5.69 Å². The highest BCUT2D eigenvalue weighted by atomic mass is 16.3. The van der Waals surface area contributed by atoms with Crippen molar-refractivity contribution in [3.8, 4) is 11.5 Å². The monoisotopic (exact) mass is 363 g/mol. The highest BCUT2D eigenvalue weighted by Crippen LogP contribution is 2.32. The van der Waals surface area contributed by atoms with Crippen LogP contribution in [0.2, 0.25) is 0 Å². The van der Waals surface area contributed by atoms with Crippen LogP contribution in [0, 0.1) is 0 Å². The van der Waals surface area contributed by atoms with Gasteiger partial charge in [0.25, 0.3) is 5.56 Å². The molecule has 0 spiro atoms. The van der Waals surface area contributed by atoms with Crippen molar-refractivity contribution >= 4 is 11.6 Å². The summed E-state index contributed by atoms with van der Waals surface area (Å²) in [5.74, 6) is 0.699. The van der Waals surface area contributed by atoms with Gasteiger partial charge in [0.15, 0.2) is 5.76 Å². The quantitative estimate of drug-likeness (QED) is 0.698. The molecule has 0 saturated heterocycles. The minimum absolute atomic E-state index is 0.0858. The largest absolute Gasteiger partial charge is 0.463 e. The van der Waals surface area contributed by atoms with E-state index in [1.54, 1.807) is 24.5 Å². The summed E-state index contributed by atoms with van der Waals surface area (Å²) in [5.41, 5.74) is 2.64. The maximum absolute atomic E-state index is 12.8. The highest BCUT2D eigenvalue weighted by Gasteiger charge is 2.29. The molecular weight excluding hydrogens is 342 g/mol. The Morgan fingerprint density at radius 1 is 1.19 bits per heavy atom. The van der Waals surface area contributed by atoms with E-state index >= 15 is 0 Å². The molecule has 1 aromatic carbocycles. The molecule has 1 atom stereocenters. The Labute approximate surface area is 157 Å². The number of carbonyl (C=O) groups excluding carboxylic acids is 1. The summed E-state index contributed by atoms with van der Waals surface area (Å²) >= 11 is 0. The van der Waals surface area contributed by atoms with Crippen molar-refractivity contribution in [3.05, 3.63) is 70.7 Å². The maximum Gasteiger partial charge on any atom is 0.266 e. The minimum Gasteiger partial charge on any atom is -0.463 e. The van der Waals surface area contributed by atoms with Gasteiger partial charge in [0.2, 0.25) is 5.91 Å². The van der Waals surface area contributed by atoms with E-state index in [1.165, 1.54) is 16.3 Å². The number of furan rings is 1. The molecule has 1 aliphatic rings. The lowest BCUT2D eigenvalue weighted by Gasteiger charge is -2.22. The van der Waals surface area contributed by atoms with Gasteiger partial charge in [0, 0.05) is 30.8 Å². The van der Waals surface area contributed by atoms with Crippen molar-refractivity contribution in [3.63, 3.8) is 0 Å². The molecule has 3 aromatic rings. The standard InChI is InChI=1S/C21H21N3O3/c1-15-14-16-6-2-3-7-18(16)24(15)21(26)9-4-12-23-20(25)11-10-17(22-23)19-8-5-13-27-19/h2-3,5-8,10-11,13,15H,4,9,12,14H2,1H3/t15-/m0/s1. The van der Waals surface area contributed by atoms with Crippen LogP contribution >= 0.6 is 0 Å². The number of benzene rings is 1. The molecule has 0 fully saturated rings. The summed E-state index contributed by atoms with van der Waals surface area (Å²) in [7, 11) is 0. The number of rotatable bonds is 5. The Hall–Kier alpha value is -3.15. The summed E-state index contributed by atoms with van der Waals surface area (Å²) in [6.07, 6.45) is 3.38. The second kappa shape index (κ2) is 7.23. The van der Waals surface area contributed by atoms with E-state index in [1.807, 2.05) is 23.1 Å². The number of para-hydroxylation sites is 1. The zero-order chi connectivity index (χ0) is 18.8. The fourth-order valence-electron chi connectivity index (χ4n) is 3.61. The second-order valence-corrected chi connectivity index (χ2v) is 6.81. The molecule has 27 heavy (non-hydrogen) atoms.